The third-order valence-electron chi connectivity index (χ3n) is 5.89. The molecule has 0 unspecified atom stereocenters. The molecule has 0 bridgehead atoms. The highest BCUT2D eigenvalue weighted by molar-refractivity contribution is 7.07. The number of aromatic nitrogens is 1. The normalized spacial score (nSPS) is 15.0. The molecule has 2 aromatic carbocycles. The summed E-state index contributed by atoms with van der Waals surface area (Å²) >= 11 is 1.08. The van der Waals surface area contributed by atoms with E-state index in [1.54, 1.807) is 32.0 Å². The van der Waals surface area contributed by atoms with Crippen molar-refractivity contribution < 1.29 is 29.0 Å². The minimum absolute atomic E-state index is 0.139. The lowest BCUT2D eigenvalue weighted by atomic mass is 9.95. The van der Waals surface area contributed by atoms with Gasteiger partial charge in [-0.3, -0.25) is 19.5 Å². The topological polar surface area (TPSA) is 142 Å². The number of nitrogens with zero attached hydrogens (tertiary/aromatic N) is 3. The number of ether oxygens (including phenoxy) is 3. The van der Waals surface area contributed by atoms with Crippen molar-refractivity contribution in [1.29, 1.82) is 0 Å². The van der Waals surface area contributed by atoms with E-state index < -0.39 is 33.9 Å². The maximum Gasteiger partial charge on any atom is 0.338 e. The van der Waals surface area contributed by atoms with E-state index in [9.17, 15) is 24.8 Å². The van der Waals surface area contributed by atoms with E-state index in [4.69, 9.17) is 14.2 Å². The van der Waals surface area contributed by atoms with Crippen molar-refractivity contribution in [2.75, 3.05) is 19.8 Å². The van der Waals surface area contributed by atoms with E-state index in [0.717, 1.165) is 11.3 Å². The van der Waals surface area contributed by atoms with E-state index in [-0.39, 0.29) is 16.7 Å². The smallest absolute Gasteiger partial charge is 0.338 e. The highest BCUT2D eigenvalue weighted by Crippen LogP contribution is 2.36. The number of thiazole rings is 1. The Morgan fingerprint density at radius 2 is 1.85 bits per heavy atom. The van der Waals surface area contributed by atoms with Gasteiger partial charge < -0.3 is 19.3 Å². The average molecular weight is 554 g/mol. The third kappa shape index (κ3) is 5.41. The summed E-state index contributed by atoms with van der Waals surface area (Å²) in [6.07, 6.45) is 1.49. The second-order valence-electron chi connectivity index (χ2n) is 8.38. The van der Waals surface area contributed by atoms with Crippen molar-refractivity contribution in [2.24, 2.45) is 4.99 Å². The minimum Gasteiger partial charge on any atom is -0.502 e. The molecule has 0 amide bonds. The van der Waals surface area contributed by atoms with Crippen molar-refractivity contribution in [3.63, 3.8) is 0 Å². The van der Waals surface area contributed by atoms with E-state index in [0.29, 0.717) is 46.3 Å². The van der Waals surface area contributed by atoms with Crippen LogP contribution in [0.2, 0.25) is 0 Å². The van der Waals surface area contributed by atoms with Crippen LogP contribution in [0.3, 0.4) is 0 Å². The number of phenols is 1. The van der Waals surface area contributed by atoms with Crippen LogP contribution in [0.15, 0.2) is 57.5 Å². The first-order valence-electron chi connectivity index (χ1n) is 12.3. The van der Waals surface area contributed by atoms with Crippen LogP contribution in [-0.4, -0.2) is 40.4 Å². The summed E-state index contributed by atoms with van der Waals surface area (Å²) in [5, 5.41) is 21.1. The number of aromatic hydroxyl groups is 1. The van der Waals surface area contributed by atoms with Crippen LogP contribution in [0.25, 0.3) is 6.08 Å². The van der Waals surface area contributed by atoms with Gasteiger partial charge in [0.15, 0.2) is 22.0 Å². The highest BCUT2D eigenvalue weighted by Gasteiger charge is 2.34. The van der Waals surface area contributed by atoms with Crippen molar-refractivity contribution in [2.45, 2.75) is 33.7 Å². The Morgan fingerprint density at radius 1 is 1.13 bits per heavy atom. The molecule has 2 heterocycles. The summed E-state index contributed by atoms with van der Waals surface area (Å²) in [5.41, 5.74) is 0.629. The molecule has 1 aliphatic heterocycles. The number of allylic oxidation sites excluding steroid dienone is 1. The Labute approximate surface area is 227 Å². The third-order valence-corrected chi connectivity index (χ3v) is 6.88. The summed E-state index contributed by atoms with van der Waals surface area (Å²) in [6, 6.07) is 8.20. The summed E-state index contributed by atoms with van der Waals surface area (Å²) in [5.74, 6) is -0.0796. The van der Waals surface area contributed by atoms with Gasteiger partial charge >= 0.3 is 11.7 Å². The van der Waals surface area contributed by atoms with Crippen molar-refractivity contribution >= 4 is 29.1 Å². The number of carbonyl (C=O) groups excluding carboxylic acids is 1. The molecule has 1 atom stereocenters. The van der Waals surface area contributed by atoms with E-state index >= 15 is 0 Å². The molecule has 39 heavy (non-hydrogen) atoms. The largest absolute Gasteiger partial charge is 0.502 e. The fourth-order valence-electron chi connectivity index (χ4n) is 4.27. The predicted molar refractivity (Wildman–Crippen MR) is 144 cm³/mol. The molecule has 1 aliphatic rings. The zero-order chi connectivity index (χ0) is 28.3. The number of fused-ring (bicyclic) bond motifs is 1. The summed E-state index contributed by atoms with van der Waals surface area (Å²) in [6.45, 7) is 8.01. The Bertz CT molecular complexity index is 1650. The van der Waals surface area contributed by atoms with Gasteiger partial charge in [-0.1, -0.05) is 23.5 Å². The molecule has 0 aliphatic carbocycles. The fraction of sp³-hybridized carbons (Fsp3) is 0.296. The quantitative estimate of drug-likeness (QED) is 0.242. The molecule has 0 spiro atoms. The standard InChI is InChI=1S/C27H27N3O8S/c1-5-36-20-11-9-17(14-21(20)37-6-2)24-23(26(33)38-7-3)15(4)28-27-29(24)25(32)22(39-27)13-16-8-10-19(31)18(12-16)30(34)35/h8-14,24,31H,5-7H2,1-4H3/b22-13-/t24-/m0/s1. The Balaban J connectivity index is 1.95. The number of phenolic OH excluding ortho intramolecular Hbond substituents is 1. The molecule has 3 aromatic rings. The van der Waals surface area contributed by atoms with Gasteiger partial charge in [0, 0.05) is 6.07 Å². The van der Waals surface area contributed by atoms with Crippen LogP contribution in [0.5, 0.6) is 17.2 Å². The number of hydrogen-bond donors (Lipinski definition) is 1. The van der Waals surface area contributed by atoms with Crippen LogP contribution < -0.4 is 24.4 Å². The zero-order valence-electron chi connectivity index (χ0n) is 21.8. The summed E-state index contributed by atoms with van der Waals surface area (Å²) < 4.78 is 18.5. The van der Waals surface area contributed by atoms with E-state index in [2.05, 4.69) is 4.99 Å². The SMILES string of the molecule is CCOC(=O)C1=C(C)N=c2s/c(=C\c3ccc(O)c([N+](=O)[O-])c3)c(=O)n2[C@H]1c1ccc(OCC)c(OCC)c1. The molecule has 0 fully saturated rings. The van der Waals surface area contributed by atoms with Crippen molar-refractivity contribution in [3.8, 4) is 17.2 Å². The molecule has 1 N–H and O–H groups in total. The zero-order valence-corrected chi connectivity index (χ0v) is 22.6. The first-order chi connectivity index (χ1) is 18.7. The molecule has 12 heteroatoms. The van der Waals surface area contributed by atoms with Gasteiger partial charge in [0.2, 0.25) is 0 Å². The van der Waals surface area contributed by atoms with E-state index in [1.165, 1.54) is 28.8 Å². The maximum atomic E-state index is 13.8. The van der Waals surface area contributed by atoms with Gasteiger partial charge in [-0.15, -0.1) is 0 Å². The van der Waals surface area contributed by atoms with Crippen molar-refractivity contribution in [3.05, 3.63) is 88.6 Å². The van der Waals surface area contributed by atoms with Gasteiger partial charge in [0.25, 0.3) is 5.56 Å². The first kappa shape index (κ1) is 27.6. The second-order valence-corrected chi connectivity index (χ2v) is 9.39. The van der Waals surface area contributed by atoms with Crippen LogP contribution in [0, 0.1) is 10.1 Å². The number of esters is 1. The van der Waals surface area contributed by atoms with Gasteiger partial charge in [-0.05, 0) is 63.1 Å². The molecule has 0 saturated heterocycles. The van der Waals surface area contributed by atoms with Gasteiger partial charge in [-0.25, -0.2) is 9.79 Å². The van der Waals surface area contributed by atoms with Crippen LogP contribution in [0.1, 0.15) is 44.9 Å². The van der Waals surface area contributed by atoms with Gasteiger partial charge in [-0.2, -0.15) is 0 Å². The molecule has 0 saturated carbocycles. The van der Waals surface area contributed by atoms with Crippen molar-refractivity contribution in [1.82, 2.24) is 4.57 Å². The number of nitro benzene ring substituents is 1. The number of nitro groups is 1. The molecule has 4 rings (SSSR count). The highest BCUT2D eigenvalue weighted by atomic mass is 32.1. The van der Waals surface area contributed by atoms with Gasteiger partial charge in [0.05, 0.1) is 46.6 Å². The molecule has 11 nitrogen and oxygen atoms in total. The fourth-order valence-corrected chi connectivity index (χ4v) is 5.32. The average Bonchev–Trinajstić information content (AvgIpc) is 3.19. The Kier molecular flexibility index (Phi) is 8.15. The van der Waals surface area contributed by atoms with Crippen LogP contribution in [0.4, 0.5) is 5.69 Å². The molecule has 1 aromatic heterocycles. The lowest BCUT2D eigenvalue weighted by Crippen LogP contribution is -2.40. The Hall–Kier alpha value is -4.45. The monoisotopic (exact) mass is 553 g/mol. The second kappa shape index (κ2) is 11.5. The summed E-state index contributed by atoms with van der Waals surface area (Å²) in [7, 11) is 0. The number of carbonyl (C=O) groups is 1. The lowest BCUT2D eigenvalue weighted by Gasteiger charge is -2.25. The summed E-state index contributed by atoms with van der Waals surface area (Å²) in [4.78, 5) is 42.3. The van der Waals surface area contributed by atoms with Crippen LogP contribution in [-0.2, 0) is 9.53 Å². The number of rotatable bonds is 9. The van der Waals surface area contributed by atoms with Crippen LogP contribution >= 0.6 is 11.3 Å². The minimum atomic E-state index is -0.869. The maximum absolute atomic E-state index is 13.8. The molecule has 0 radical (unpaired) electrons. The van der Waals surface area contributed by atoms with E-state index in [1.807, 2.05) is 13.8 Å². The lowest BCUT2D eigenvalue weighted by molar-refractivity contribution is -0.385. The number of hydrogen-bond acceptors (Lipinski definition) is 10. The first-order valence-corrected chi connectivity index (χ1v) is 13.1. The Morgan fingerprint density at radius 3 is 2.51 bits per heavy atom. The molecule has 204 valence electrons. The van der Waals surface area contributed by atoms with Gasteiger partial charge in [0.1, 0.15) is 0 Å². The molecular formula is C27H27N3O8S. The predicted octanol–water partition coefficient (Wildman–Crippen LogP) is 3.21. The number of benzene rings is 2. The molecular weight excluding hydrogens is 526 g/mol.